The van der Waals surface area contributed by atoms with Crippen molar-refractivity contribution in [3.63, 3.8) is 0 Å². The van der Waals surface area contributed by atoms with Gasteiger partial charge in [-0.3, -0.25) is 0 Å². The monoisotopic (exact) mass is 291 g/mol. The van der Waals surface area contributed by atoms with Gasteiger partial charge in [0.25, 0.3) is 0 Å². The molecule has 0 heterocycles. The molecule has 1 N–H and O–H groups in total. The largest absolute Gasteiger partial charge is 0.491 e. The van der Waals surface area contributed by atoms with Crippen LogP contribution in [0.1, 0.15) is 44.6 Å². The van der Waals surface area contributed by atoms with Gasteiger partial charge in [0, 0.05) is 18.7 Å². The van der Waals surface area contributed by atoms with E-state index >= 15 is 0 Å². The van der Waals surface area contributed by atoms with Gasteiger partial charge in [-0.2, -0.15) is 0 Å². The molecular weight excluding hydrogens is 262 g/mol. The highest BCUT2D eigenvalue weighted by Crippen LogP contribution is 2.29. The molecule has 1 aliphatic carbocycles. The molecule has 1 aliphatic rings. The molecule has 3 heteroatoms. The highest BCUT2D eigenvalue weighted by molar-refractivity contribution is 5.33. The summed E-state index contributed by atoms with van der Waals surface area (Å²) >= 11 is 0. The Morgan fingerprint density at radius 2 is 2.00 bits per heavy atom. The van der Waals surface area contributed by atoms with Crippen molar-refractivity contribution in [1.82, 2.24) is 5.32 Å². The minimum Gasteiger partial charge on any atom is -0.491 e. The number of para-hydroxylation sites is 1. The van der Waals surface area contributed by atoms with Crippen molar-refractivity contribution in [2.75, 3.05) is 26.4 Å². The van der Waals surface area contributed by atoms with Crippen LogP contribution in [0.2, 0.25) is 0 Å². The standard InChI is InChI=1S/C18H29NO2/c1-2-11-19-15-17-8-3-4-9-18(17)21-14-13-20-12-10-16-6-5-7-16/h3-4,8-9,16,19H,2,5-7,10-15H2,1H3. The van der Waals surface area contributed by atoms with Gasteiger partial charge in [-0.1, -0.05) is 44.4 Å². The molecule has 0 unspecified atom stereocenters. The van der Waals surface area contributed by atoms with E-state index in [2.05, 4.69) is 24.4 Å². The molecule has 0 radical (unpaired) electrons. The fourth-order valence-electron chi connectivity index (χ4n) is 2.53. The van der Waals surface area contributed by atoms with E-state index in [0.717, 1.165) is 37.8 Å². The molecule has 1 saturated carbocycles. The highest BCUT2D eigenvalue weighted by atomic mass is 16.5. The topological polar surface area (TPSA) is 30.5 Å². The van der Waals surface area contributed by atoms with Gasteiger partial charge in [-0.15, -0.1) is 0 Å². The minimum atomic E-state index is 0.634. The van der Waals surface area contributed by atoms with Crippen molar-refractivity contribution in [1.29, 1.82) is 0 Å². The molecular formula is C18H29NO2. The number of hydrogen-bond donors (Lipinski definition) is 1. The fourth-order valence-corrected chi connectivity index (χ4v) is 2.53. The van der Waals surface area contributed by atoms with E-state index in [9.17, 15) is 0 Å². The lowest BCUT2D eigenvalue weighted by Gasteiger charge is -2.24. The zero-order valence-corrected chi connectivity index (χ0v) is 13.3. The molecule has 0 aromatic heterocycles. The third-order valence-electron chi connectivity index (χ3n) is 4.10. The molecule has 0 aliphatic heterocycles. The van der Waals surface area contributed by atoms with Crippen LogP contribution >= 0.6 is 0 Å². The van der Waals surface area contributed by atoms with Gasteiger partial charge in [-0.05, 0) is 31.4 Å². The third-order valence-corrected chi connectivity index (χ3v) is 4.10. The average Bonchev–Trinajstić information content (AvgIpc) is 2.46. The Kier molecular flexibility index (Phi) is 7.61. The van der Waals surface area contributed by atoms with Crippen LogP contribution in [0.4, 0.5) is 0 Å². The maximum atomic E-state index is 5.85. The number of benzene rings is 1. The predicted octanol–water partition coefficient (Wildman–Crippen LogP) is 3.77. The van der Waals surface area contributed by atoms with Gasteiger partial charge in [0.2, 0.25) is 0 Å². The Bertz CT molecular complexity index is 391. The van der Waals surface area contributed by atoms with Crippen molar-refractivity contribution >= 4 is 0 Å². The molecule has 3 nitrogen and oxygen atoms in total. The smallest absolute Gasteiger partial charge is 0.123 e. The summed E-state index contributed by atoms with van der Waals surface area (Å²) in [4.78, 5) is 0. The Labute approximate surface area is 129 Å². The molecule has 0 atom stereocenters. The van der Waals surface area contributed by atoms with E-state index in [4.69, 9.17) is 9.47 Å². The van der Waals surface area contributed by atoms with Crippen molar-refractivity contribution in [2.24, 2.45) is 5.92 Å². The Morgan fingerprint density at radius 1 is 1.14 bits per heavy atom. The second-order valence-electron chi connectivity index (χ2n) is 5.83. The lowest BCUT2D eigenvalue weighted by Crippen LogP contribution is -2.16. The molecule has 0 bridgehead atoms. The Hall–Kier alpha value is -1.06. The van der Waals surface area contributed by atoms with Gasteiger partial charge in [0.1, 0.15) is 12.4 Å². The van der Waals surface area contributed by atoms with E-state index < -0.39 is 0 Å². The van der Waals surface area contributed by atoms with Gasteiger partial charge >= 0.3 is 0 Å². The maximum absolute atomic E-state index is 5.85. The van der Waals surface area contributed by atoms with Gasteiger partial charge in [-0.25, -0.2) is 0 Å². The average molecular weight is 291 g/mol. The van der Waals surface area contributed by atoms with Crippen molar-refractivity contribution in [2.45, 2.75) is 45.6 Å². The number of rotatable bonds is 11. The first-order valence-corrected chi connectivity index (χ1v) is 8.39. The van der Waals surface area contributed by atoms with Crippen molar-refractivity contribution in [3.05, 3.63) is 29.8 Å². The number of ether oxygens (including phenoxy) is 2. The van der Waals surface area contributed by atoms with Crippen LogP contribution < -0.4 is 10.1 Å². The predicted molar refractivity (Wildman–Crippen MR) is 86.7 cm³/mol. The highest BCUT2D eigenvalue weighted by Gasteiger charge is 2.16. The molecule has 1 aromatic rings. The molecule has 21 heavy (non-hydrogen) atoms. The van der Waals surface area contributed by atoms with Crippen LogP contribution in [-0.4, -0.2) is 26.4 Å². The molecule has 0 amide bonds. The summed E-state index contributed by atoms with van der Waals surface area (Å²) in [5.74, 6) is 1.90. The summed E-state index contributed by atoms with van der Waals surface area (Å²) < 4.78 is 11.5. The van der Waals surface area contributed by atoms with Crippen LogP contribution in [0.25, 0.3) is 0 Å². The molecule has 118 valence electrons. The zero-order valence-electron chi connectivity index (χ0n) is 13.3. The van der Waals surface area contributed by atoms with Crippen LogP contribution in [0.5, 0.6) is 5.75 Å². The number of nitrogens with one attached hydrogen (secondary N) is 1. The lowest BCUT2D eigenvalue weighted by molar-refractivity contribution is 0.0810. The summed E-state index contributed by atoms with van der Waals surface area (Å²) in [5, 5.41) is 3.42. The zero-order chi connectivity index (χ0) is 14.8. The second kappa shape index (κ2) is 9.80. The summed E-state index contributed by atoms with van der Waals surface area (Å²) in [6.07, 6.45) is 6.59. The van der Waals surface area contributed by atoms with Crippen LogP contribution in [0.15, 0.2) is 24.3 Å². The summed E-state index contributed by atoms with van der Waals surface area (Å²) in [7, 11) is 0. The van der Waals surface area contributed by atoms with E-state index in [1.165, 1.54) is 31.2 Å². The normalized spacial score (nSPS) is 14.9. The Morgan fingerprint density at radius 3 is 2.76 bits per heavy atom. The maximum Gasteiger partial charge on any atom is 0.123 e. The van der Waals surface area contributed by atoms with Crippen LogP contribution in [0.3, 0.4) is 0 Å². The summed E-state index contributed by atoms with van der Waals surface area (Å²) in [6.45, 7) is 6.29. The summed E-state index contributed by atoms with van der Waals surface area (Å²) in [5.41, 5.74) is 1.22. The molecule has 0 saturated heterocycles. The van der Waals surface area contributed by atoms with E-state index in [-0.39, 0.29) is 0 Å². The SMILES string of the molecule is CCCNCc1ccccc1OCCOCCC1CCC1. The fraction of sp³-hybridized carbons (Fsp3) is 0.667. The van der Waals surface area contributed by atoms with E-state index in [1.54, 1.807) is 0 Å². The first-order valence-electron chi connectivity index (χ1n) is 8.39. The van der Waals surface area contributed by atoms with Crippen molar-refractivity contribution in [3.8, 4) is 5.75 Å². The van der Waals surface area contributed by atoms with Crippen LogP contribution in [0, 0.1) is 5.92 Å². The second-order valence-corrected chi connectivity index (χ2v) is 5.83. The van der Waals surface area contributed by atoms with Crippen molar-refractivity contribution < 1.29 is 9.47 Å². The van der Waals surface area contributed by atoms with Gasteiger partial charge in [0.15, 0.2) is 0 Å². The third kappa shape index (κ3) is 6.06. The van der Waals surface area contributed by atoms with Crippen LogP contribution in [-0.2, 0) is 11.3 Å². The first-order chi connectivity index (χ1) is 10.4. The number of hydrogen-bond acceptors (Lipinski definition) is 3. The summed E-state index contributed by atoms with van der Waals surface area (Å²) in [6, 6.07) is 8.24. The quantitative estimate of drug-likeness (QED) is 0.630. The Balaban J connectivity index is 1.60. The minimum absolute atomic E-state index is 0.634. The van der Waals surface area contributed by atoms with E-state index in [1.807, 2.05) is 12.1 Å². The molecule has 2 rings (SSSR count). The molecule has 1 fully saturated rings. The molecule has 1 aromatic carbocycles. The lowest BCUT2D eigenvalue weighted by atomic mass is 9.83. The van der Waals surface area contributed by atoms with Gasteiger partial charge < -0.3 is 14.8 Å². The van der Waals surface area contributed by atoms with E-state index in [0.29, 0.717) is 13.2 Å². The first kappa shape index (κ1) is 16.3. The molecule has 0 spiro atoms. The van der Waals surface area contributed by atoms with Gasteiger partial charge in [0.05, 0.1) is 6.61 Å².